The molecule has 2 N–H and O–H groups in total. The number of nitrogens with zero attached hydrogens (tertiary/aromatic N) is 4. The molecule has 0 spiro atoms. The number of aromatic amines is 2. The predicted octanol–water partition coefficient (Wildman–Crippen LogP) is 7.93. The van der Waals surface area contributed by atoms with Crippen LogP contribution < -0.4 is 0 Å². The molecule has 2 aromatic heterocycles. The lowest BCUT2D eigenvalue weighted by molar-refractivity contribution is 0.0210. The monoisotopic (exact) mass is 610 g/mol. The Kier molecular flexibility index (Phi) is 7.71. The van der Waals surface area contributed by atoms with E-state index in [0.29, 0.717) is 25.3 Å². The molecule has 0 aliphatic carbocycles. The van der Waals surface area contributed by atoms with Crippen LogP contribution in [0.4, 0.5) is 9.59 Å². The van der Waals surface area contributed by atoms with E-state index >= 15 is 0 Å². The number of H-pyrrole nitrogens is 2. The lowest BCUT2D eigenvalue weighted by Gasteiger charge is -2.27. The van der Waals surface area contributed by atoms with Crippen molar-refractivity contribution in [1.29, 1.82) is 0 Å². The first kappa shape index (κ1) is 30.4. The second kappa shape index (κ2) is 11.4. The maximum absolute atomic E-state index is 12.9. The Morgan fingerprint density at radius 1 is 0.844 bits per heavy atom. The van der Waals surface area contributed by atoms with Crippen molar-refractivity contribution in [2.75, 3.05) is 13.1 Å². The van der Waals surface area contributed by atoms with Crippen LogP contribution >= 0.6 is 0 Å². The molecule has 45 heavy (non-hydrogen) atoms. The van der Waals surface area contributed by atoms with E-state index in [1.54, 1.807) is 16.0 Å². The standard InChI is InChI=1S/C35H42N6O4/c1-21-17-29(41(20-21)33(43)45-35(5,6)7)30-36-19-27(39-30)23-12-10-22(11-13-23)24-14-15-25-26(18-24)38-31(37-25)28-9-8-16-40(28)32(42)44-34(2,3)4/h10-15,18-19,28-29H,1,8-9,16-17,20H2,2-7H3,(H,36,39)(H,37,38)/t28-,29-/m0/s1. The number of amides is 2. The predicted molar refractivity (Wildman–Crippen MR) is 173 cm³/mol. The fourth-order valence-electron chi connectivity index (χ4n) is 6.01. The van der Waals surface area contributed by atoms with Gasteiger partial charge in [-0.3, -0.25) is 9.80 Å². The Labute approximate surface area is 263 Å². The smallest absolute Gasteiger partial charge is 0.411 e. The summed E-state index contributed by atoms with van der Waals surface area (Å²) < 4.78 is 11.3. The highest BCUT2D eigenvalue weighted by atomic mass is 16.6. The molecular formula is C35H42N6O4. The van der Waals surface area contributed by atoms with Gasteiger partial charge in [0, 0.05) is 13.1 Å². The van der Waals surface area contributed by atoms with Gasteiger partial charge >= 0.3 is 12.2 Å². The Hall–Kier alpha value is -4.60. The van der Waals surface area contributed by atoms with E-state index < -0.39 is 11.2 Å². The van der Waals surface area contributed by atoms with Crippen LogP contribution in [0.25, 0.3) is 33.4 Å². The third-order valence-electron chi connectivity index (χ3n) is 8.02. The number of aromatic nitrogens is 4. The van der Waals surface area contributed by atoms with Crippen molar-refractivity contribution in [3.8, 4) is 22.4 Å². The largest absolute Gasteiger partial charge is 0.444 e. The topological polar surface area (TPSA) is 116 Å². The van der Waals surface area contributed by atoms with Gasteiger partial charge in [-0.1, -0.05) is 42.5 Å². The molecule has 4 aromatic rings. The van der Waals surface area contributed by atoms with Gasteiger partial charge in [0.25, 0.3) is 0 Å². The minimum Gasteiger partial charge on any atom is -0.444 e. The normalized spacial score (nSPS) is 19.0. The van der Waals surface area contributed by atoms with Gasteiger partial charge in [-0.05, 0) is 89.6 Å². The van der Waals surface area contributed by atoms with Gasteiger partial charge in [0.2, 0.25) is 0 Å². The number of imidazole rings is 2. The van der Waals surface area contributed by atoms with Gasteiger partial charge in [-0.25, -0.2) is 19.6 Å². The minimum absolute atomic E-state index is 0.132. The van der Waals surface area contributed by atoms with E-state index in [1.807, 2.05) is 47.6 Å². The molecule has 6 rings (SSSR count). The highest BCUT2D eigenvalue weighted by Crippen LogP contribution is 2.36. The highest BCUT2D eigenvalue weighted by Gasteiger charge is 2.37. The van der Waals surface area contributed by atoms with E-state index in [2.05, 4.69) is 57.9 Å². The number of ether oxygens (including phenoxy) is 2. The molecule has 10 nitrogen and oxygen atoms in total. The number of nitrogens with one attached hydrogen (secondary N) is 2. The maximum atomic E-state index is 12.9. The SMILES string of the molecule is C=C1C[C@@H](c2ncc(-c3ccc(-c4ccc5nc([C@@H]6CCCN6C(=O)OC(C)(C)C)[nH]c5c4)cc3)[nH]2)N(C(=O)OC(C)(C)C)C1. The van der Waals surface area contributed by atoms with E-state index in [4.69, 9.17) is 14.5 Å². The van der Waals surface area contributed by atoms with Crippen molar-refractivity contribution in [2.24, 2.45) is 0 Å². The molecule has 0 unspecified atom stereocenters. The Morgan fingerprint density at radius 2 is 1.49 bits per heavy atom. The fourth-order valence-corrected chi connectivity index (χ4v) is 6.01. The zero-order valence-corrected chi connectivity index (χ0v) is 26.9. The van der Waals surface area contributed by atoms with Gasteiger partial charge in [0.15, 0.2) is 0 Å². The average Bonchev–Trinajstić information content (AvgIpc) is 3.76. The molecule has 2 atom stereocenters. The zero-order chi connectivity index (χ0) is 32.1. The summed E-state index contributed by atoms with van der Waals surface area (Å²) in [6.07, 6.45) is 3.54. The molecule has 2 aliphatic heterocycles. The van der Waals surface area contributed by atoms with Crippen LogP contribution in [-0.2, 0) is 9.47 Å². The summed E-state index contributed by atoms with van der Waals surface area (Å²) in [5, 5.41) is 0. The summed E-state index contributed by atoms with van der Waals surface area (Å²) >= 11 is 0. The Balaban J connectivity index is 1.18. The summed E-state index contributed by atoms with van der Waals surface area (Å²) in [7, 11) is 0. The minimum atomic E-state index is -0.579. The summed E-state index contributed by atoms with van der Waals surface area (Å²) in [6, 6.07) is 14.1. The Bertz CT molecular complexity index is 1740. The molecule has 2 saturated heterocycles. The fraction of sp³-hybridized carbons (Fsp3) is 0.429. The van der Waals surface area contributed by atoms with Crippen LogP contribution in [0.3, 0.4) is 0 Å². The Morgan fingerprint density at radius 3 is 2.18 bits per heavy atom. The molecule has 2 amide bonds. The average molecular weight is 611 g/mol. The quantitative estimate of drug-likeness (QED) is 0.227. The summed E-state index contributed by atoms with van der Waals surface area (Å²) in [5.41, 5.74) is 5.62. The van der Waals surface area contributed by atoms with Crippen molar-refractivity contribution < 1.29 is 19.1 Å². The van der Waals surface area contributed by atoms with Crippen LogP contribution in [0.1, 0.15) is 84.5 Å². The number of hydrogen-bond donors (Lipinski definition) is 2. The lowest BCUT2D eigenvalue weighted by Crippen LogP contribution is -2.36. The van der Waals surface area contributed by atoms with Crippen molar-refractivity contribution >= 4 is 23.2 Å². The number of carbonyl (C=O) groups is 2. The van der Waals surface area contributed by atoms with Crippen LogP contribution in [0.2, 0.25) is 0 Å². The number of rotatable bonds is 4. The molecule has 0 radical (unpaired) electrons. The molecule has 0 bridgehead atoms. The first-order valence-corrected chi connectivity index (χ1v) is 15.6. The molecule has 0 saturated carbocycles. The lowest BCUT2D eigenvalue weighted by atomic mass is 10.0. The summed E-state index contributed by atoms with van der Waals surface area (Å²) in [5.74, 6) is 1.50. The second-order valence-electron chi connectivity index (χ2n) is 14.0. The van der Waals surface area contributed by atoms with E-state index in [9.17, 15) is 9.59 Å². The molecule has 2 aliphatic rings. The van der Waals surface area contributed by atoms with Gasteiger partial charge in [0.05, 0.1) is 35.0 Å². The molecular weight excluding hydrogens is 568 g/mol. The van der Waals surface area contributed by atoms with E-state index in [1.165, 1.54) is 0 Å². The van der Waals surface area contributed by atoms with E-state index in [0.717, 1.165) is 57.7 Å². The number of hydrogen-bond acceptors (Lipinski definition) is 6. The van der Waals surface area contributed by atoms with Gasteiger partial charge in [-0.2, -0.15) is 0 Å². The van der Waals surface area contributed by atoms with Crippen molar-refractivity contribution in [2.45, 2.75) is 84.1 Å². The second-order valence-corrected chi connectivity index (χ2v) is 14.0. The van der Waals surface area contributed by atoms with Crippen LogP contribution in [0, 0.1) is 0 Å². The van der Waals surface area contributed by atoms with Gasteiger partial charge < -0.3 is 19.4 Å². The first-order chi connectivity index (χ1) is 21.2. The molecule has 236 valence electrons. The summed E-state index contributed by atoms with van der Waals surface area (Å²) in [4.78, 5) is 45.5. The molecule has 2 aromatic carbocycles. The third-order valence-corrected chi connectivity index (χ3v) is 8.02. The van der Waals surface area contributed by atoms with Crippen molar-refractivity contribution in [3.05, 3.63) is 72.5 Å². The molecule has 4 heterocycles. The van der Waals surface area contributed by atoms with Crippen LogP contribution in [-0.4, -0.2) is 66.2 Å². The third kappa shape index (κ3) is 6.60. The first-order valence-electron chi connectivity index (χ1n) is 15.6. The van der Waals surface area contributed by atoms with Gasteiger partial charge in [0.1, 0.15) is 22.9 Å². The molecule has 10 heteroatoms. The van der Waals surface area contributed by atoms with Crippen molar-refractivity contribution in [3.63, 3.8) is 0 Å². The number of carbonyl (C=O) groups excluding carboxylic acids is 2. The zero-order valence-electron chi connectivity index (χ0n) is 26.9. The summed E-state index contributed by atoms with van der Waals surface area (Å²) in [6.45, 7) is 16.5. The molecule has 2 fully saturated rings. The van der Waals surface area contributed by atoms with Crippen LogP contribution in [0.15, 0.2) is 60.8 Å². The number of fused-ring (bicyclic) bond motifs is 1. The highest BCUT2D eigenvalue weighted by molar-refractivity contribution is 5.83. The van der Waals surface area contributed by atoms with Gasteiger partial charge in [-0.15, -0.1) is 0 Å². The van der Waals surface area contributed by atoms with Crippen LogP contribution in [0.5, 0.6) is 0 Å². The number of likely N-dealkylation sites (tertiary alicyclic amines) is 2. The number of benzene rings is 2. The van der Waals surface area contributed by atoms with E-state index in [-0.39, 0.29) is 24.3 Å². The van der Waals surface area contributed by atoms with Crippen molar-refractivity contribution in [1.82, 2.24) is 29.7 Å². The maximum Gasteiger partial charge on any atom is 0.411 e.